The van der Waals surface area contributed by atoms with Crippen molar-refractivity contribution in [3.63, 3.8) is 0 Å². The monoisotopic (exact) mass is 235 g/mol. The van der Waals surface area contributed by atoms with Gasteiger partial charge in [-0.15, -0.1) is 11.8 Å². The van der Waals surface area contributed by atoms with Gasteiger partial charge in [0, 0.05) is 16.5 Å². The molecule has 1 N–H and O–H groups in total. The smallest absolute Gasteiger partial charge is 0.0964 e. The standard InChI is InChI=1S/C13H17NOS/c1-13(2,3)16-11-7-6-10-9(12(11)15)5-4-8-14-10/h4-8,11-12,15H,1-3H3/t11-,12-/m0/s1. The van der Waals surface area contributed by atoms with Crippen LogP contribution in [-0.4, -0.2) is 20.1 Å². The van der Waals surface area contributed by atoms with Gasteiger partial charge in [-0.2, -0.15) is 0 Å². The van der Waals surface area contributed by atoms with Crippen LogP contribution < -0.4 is 0 Å². The van der Waals surface area contributed by atoms with E-state index in [2.05, 4.69) is 31.8 Å². The third kappa shape index (κ3) is 2.47. The summed E-state index contributed by atoms with van der Waals surface area (Å²) in [5.41, 5.74) is 1.83. The second-order valence-electron chi connectivity index (χ2n) is 4.98. The summed E-state index contributed by atoms with van der Waals surface area (Å²) < 4.78 is 0.149. The summed E-state index contributed by atoms with van der Waals surface area (Å²) in [4.78, 5) is 4.24. The van der Waals surface area contributed by atoms with Gasteiger partial charge in [-0.1, -0.05) is 32.9 Å². The molecule has 0 unspecified atom stereocenters. The molecule has 3 heteroatoms. The maximum Gasteiger partial charge on any atom is 0.0964 e. The zero-order valence-electron chi connectivity index (χ0n) is 9.84. The molecule has 0 fully saturated rings. The Labute approximate surface area is 101 Å². The number of hydrogen-bond acceptors (Lipinski definition) is 3. The van der Waals surface area contributed by atoms with Crippen molar-refractivity contribution in [3.05, 3.63) is 35.7 Å². The average Bonchev–Trinajstić information content (AvgIpc) is 2.21. The zero-order chi connectivity index (χ0) is 11.8. The molecular formula is C13H17NOS. The Kier molecular flexibility index (Phi) is 3.08. The molecule has 16 heavy (non-hydrogen) atoms. The predicted octanol–water partition coefficient (Wildman–Crippen LogP) is 3.04. The Morgan fingerprint density at radius 2 is 2.12 bits per heavy atom. The van der Waals surface area contributed by atoms with E-state index in [9.17, 15) is 5.11 Å². The van der Waals surface area contributed by atoms with Crippen LogP contribution in [0.3, 0.4) is 0 Å². The van der Waals surface area contributed by atoms with Crippen LogP contribution in [0.25, 0.3) is 6.08 Å². The van der Waals surface area contributed by atoms with Crippen molar-refractivity contribution in [3.8, 4) is 0 Å². The van der Waals surface area contributed by atoms with Gasteiger partial charge in [-0.25, -0.2) is 0 Å². The van der Waals surface area contributed by atoms with E-state index in [-0.39, 0.29) is 10.00 Å². The molecule has 1 heterocycles. The molecule has 1 aliphatic carbocycles. The summed E-state index contributed by atoms with van der Waals surface area (Å²) in [6, 6.07) is 3.83. The SMILES string of the molecule is CC(C)(C)S[C@H]1C=Cc2ncccc2[C@@H]1O. The molecular weight excluding hydrogens is 218 g/mol. The Morgan fingerprint density at radius 1 is 1.38 bits per heavy atom. The Bertz CT molecular complexity index is 409. The normalized spacial score (nSPS) is 24.2. The van der Waals surface area contributed by atoms with Crippen LogP contribution >= 0.6 is 11.8 Å². The zero-order valence-corrected chi connectivity index (χ0v) is 10.7. The van der Waals surface area contributed by atoms with Gasteiger partial charge in [-0.3, -0.25) is 4.98 Å². The van der Waals surface area contributed by atoms with E-state index in [4.69, 9.17) is 0 Å². The van der Waals surface area contributed by atoms with E-state index >= 15 is 0 Å². The lowest BCUT2D eigenvalue weighted by Crippen LogP contribution is -2.23. The van der Waals surface area contributed by atoms with Crippen molar-refractivity contribution < 1.29 is 5.11 Å². The maximum atomic E-state index is 10.3. The van der Waals surface area contributed by atoms with Gasteiger partial charge in [-0.05, 0) is 12.1 Å². The summed E-state index contributed by atoms with van der Waals surface area (Å²) in [7, 11) is 0. The van der Waals surface area contributed by atoms with Crippen molar-refractivity contribution in [2.24, 2.45) is 0 Å². The number of aromatic nitrogens is 1. The first-order valence-electron chi connectivity index (χ1n) is 5.46. The Morgan fingerprint density at radius 3 is 2.81 bits per heavy atom. The molecule has 2 rings (SSSR count). The van der Waals surface area contributed by atoms with Crippen LogP contribution in [-0.2, 0) is 0 Å². The first-order valence-corrected chi connectivity index (χ1v) is 6.34. The fourth-order valence-electron chi connectivity index (χ4n) is 1.80. The number of pyridine rings is 1. The summed E-state index contributed by atoms with van der Waals surface area (Å²) in [5, 5.41) is 10.4. The van der Waals surface area contributed by atoms with E-state index < -0.39 is 6.10 Å². The summed E-state index contributed by atoms with van der Waals surface area (Å²) in [6.45, 7) is 6.49. The second-order valence-corrected chi connectivity index (χ2v) is 6.98. The predicted molar refractivity (Wildman–Crippen MR) is 69.4 cm³/mol. The fraction of sp³-hybridized carbons (Fsp3) is 0.462. The third-order valence-corrected chi connectivity index (χ3v) is 3.83. The minimum atomic E-state index is -0.446. The van der Waals surface area contributed by atoms with Gasteiger partial charge in [0.25, 0.3) is 0 Å². The van der Waals surface area contributed by atoms with Crippen LogP contribution in [0.2, 0.25) is 0 Å². The van der Waals surface area contributed by atoms with E-state index in [1.807, 2.05) is 18.2 Å². The van der Waals surface area contributed by atoms with Crippen molar-refractivity contribution >= 4 is 17.8 Å². The molecule has 1 aromatic heterocycles. The lowest BCUT2D eigenvalue weighted by atomic mass is 9.99. The highest BCUT2D eigenvalue weighted by Crippen LogP contribution is 2.39. The Hall–Kier alpha value is -0.800. The first kappa shape index (κ1) is 11.7. The highest BCUT2D eigenvalue weighted by atomic mass is 32.2. The van der Waals surface area contributed by atoms with Gasteiger partial charge in [0.2, 0.25) is 0 Å². The highest BCUT2D eigenvalue weighted by molar-refractivity contribution is 8.01. The lowest BCUT2D eigenvalue weighted by Gasteiger charge is -2.30. The summed E-state index contributed by atoms with van der Waals surface area (Å²) >= 11 is 1.78. The molecule has 0 aliphatic heterocycles. The van der Waals surface area contributed by atoms with Gasteiger partial charge >= 0.3 is 0 Å². The fourth-order valence-corrected chi connectivity index (χ4v) is 3.05. The first-order chi connectivity index (χ1) is 7.47. The van der Waals surface area contributed by atoms with Crippen LogP contribution in [0.1, 0.15) is 38.1 Å². The van der Waals surface area contributed by atoms with E-state index in [1.165, 1.54) is 0 Å². The van der Waals surface area contributed by atoms with Crippen molar-refractivity contribution in [1.29, 1.82) is 0 Å². The summed E-state index contributed by atoms with van der Waals surface area (Å²) in [5.74, 6) is 0. The quantitative estimate of drug-likeness (QED) is 0.812. The van der Waals surface area contributed by atoms with E-state index in [1.54, 1.807) is 18.0 Å². The van der Waals surface area contributed by atoms with Gasteiger partial charge in [0.15, 0.2) is 0 Å². The molecule has 0 radical (unpaired) electrons. The minimum absolute atomic E-state index is 0.122. The van der Waals surface area contributed by atoms with Crippen LogP contribution in [0.5, 0.6) is 0 Å². The number of rotatable bonds is 1. The highest BCUT2D eigenvalue weighted by Gasteiger charge is 2.28. The minimum Gasteiger partial charge on any atom is -0.387 e. The molecule has 86 valence electrons. The van der Waals surface area contributed by atoms with Gasteiger partial charge in [0.05, 0.1) is 17.0 Å². The number of nitrogens with zero attached hydrogens (tertiary/aromatic N) is 1. The molecule has 2 nitrogen and oxygen atoms in total. The molecule has 1 aromatic rings. The lowest BCUT2D eigenvalue weighted by molar-refractivity contribution is 0.184. The van der Waals surface area contributed by atoms with Gasteiger partial charge in [0.1, 0.15) is 0 Å². The number of fused-ring (bicyclic) bond motifs is 1. The second kappa shape index (κ2) is 4.22. The summed E-state index contributed by atoms with van der Waals surface area (Å²) in [6.07, 6.45) is 5.37. The van der Waals surface area contributed by atoms with Crippen molar-refractivity contribution in [1.82, 2.24) is 4.98 Å². The molecule has 0 bridgehead atoms. The number of hydrogen-bond donors (Lipinski definition) is 1. The number of thioether (sulfide) groups is 1. The van der Waals surface area contributed by atoms with Crippen LogP contribution in [0, 0.1) is 0 Å². The van der Waals surface area contributed by atoms with Crippen molar-refractivity contribution in [2.45, 2.75) is 36.9 Å². The van der Waals surface area contributed by atoms with E-state index in [0.717, 1.165) is 11.3 Å². The third-order valence-electron chi connectivity index (χ3n) is 2.43. The molecule has 2 atom stereocenters. The van der Waals surface area contributed by atoms with Crippen LogP contribution in [0.15, 0.2) is 24.4 Å². The van der Waals surface area contributed by atoms with Crippen LogP contribution in [0.4, 0.5) is 0 Å². The molecule has 0 amide bonds. The van der Waals surface area contributed by atoms with Gasteiger partial charge < -0.3 is 5.11 Å². The maximum absolute atomic E-state index is 10.3. The average molecular weight is 235 g/mol. The largest absolute Gasteiger partial charge is 0.387 e. The number of aliphatic hydroxyl groups is 1. The van der Waals surface area contributed by atoms with Crippen molar-refractivity contribution in [2.75, 3.05) is 0 Å². The molecule has 1 aliphatic rings. The van der Waals surface area contributed by atoms with E-state index in [0.29, 0.717) is 0 Å². The Balaban J connectivity index is 2.24. The molecule has 0 saturated carbocycles. The topological polar surface area (TPSA) is 33.1 Å². The molecule has 0 spiro atoms. The molecule has 0 aromatic carbocycles. The molecule has 0 saturated heterocycles. The number of aliphatic hydroxyl groups excluding tert-OH is 1.